The van der Waals surface area contributed by atoms with Gasteiger partial charge in [-0.15, -0.1) is 9.24 Å². The molecular weight excluding hydrogens is 500 g/mol. The van der Waals surface area contributed by atoms with Crippen LogP contribution in [0.15, 0.2) is 65.6 Å². The molecule has 180 valence electrons. The van der Waals surface area contributed by atoms with Crippen LogP contribution in [-0.4, -0.2) is 28.2 Å². The van der Waals surface area contributed by atoms with Gasteiger partial charge in [0.1, 0.15) is 18.1 Å². The Labute approximate surface area is 194 Å². The summed E-state index contributed by atoms with van der Waals surface area (Å²) in [5, 5.41) is 0.551. The smallest absolute Gasteiger partial charge is 0.416 e. The summed E-state index contributed by atoms with van der Waals surface area (Å²) in [4.78, 5) is -0.514. The first-order valence-electron chi connectivity index (χ1n) is 9.78. The summed E-state index contributed by atoms with van der Waals surface area (Å²) in [7, 11) is -1.99. The molecule has 3 aromatic rings. The number of ether oxygens (including phenoxy) is 2. The molecule has 12 heteroatoms. The monoisotopic (exact) mass is 517 g/mol. The molecule has 0 aliphatic carbocycles. The van der Waals surface area contributed by atoms with Gasteiger partial charge < -0.3 is 9.47 Å². The van der Waals surface area contributed by atoms with E-state index in [0.29, 0.717) is 22.5 Å². The normalized spacial score (nSPS) is 14.0. The van der Waals surface area contributed by atoms with E-state index in [0.717, 1.165) is 22.5 Å². The standard InChI is InChI=1S/C22H17F5NO4PS/c23-21(24)32-16-8-14(9-17(33)12-16)13-4-5-20-19(10-13)28(6-7-31-20)34(29,30)18-3-1-2-15(11-18)22(25,26)27/h1-5,8-12,21H,6-7,33H2. The summed E-state index contributed by atoms with van der Waals surface area (Å²) in [6, 6.07) is 12.5. The van der Waals surface area contributed by atoms with Crippen molar-refractivity contribution in [2.75, 3.05) is 17.5 Å². The van der Waals surface area contributed by atoms with Crippen LogP contribution in [0.1, 0.15) is 5.56 Å². The molecule has 0 bridgehead atoms. The maximum atomic E-state index is 13.3. The Bertz CT molecular complexity index is 1330. The van der Waals surface area contributed by atoms with Crippen molar-refractivity contribution in [2.45, 2.75) is 17.7 Å². The Balaban J connectivity index is 1.77. The summed E-state index contributed by atoms with van der Waals surface area (Å²) in [5.41, 5.74) is -0.0314. The van der Waals surface area contributed by atoms with Gasteiger partial charge in [0.15, 0.2) is 0 Å². The summed E-state index contributed by atoms with van der Waals surface area (Å²) >= 11 is 0. The lowest BCUT2D eigenvalue weighted by atomic mass is 10.0. The maximum absolute atomic E-state index is 13.3. The van der Waals surface area contributed by atoms with E-state index in [1.807, 2.05) is 0 Å². The second-order valence-electron chi connectivity index (χ2n) is 7.30. The van der Waals surface area contributed by atoms with E-state index in [1.54, 1.807) is 12.1 Å². The maximum Gasteiger partial charge on any atom is 0.416 e. The molecule has 0 spiro atoms. The van der Waals surface area contributed by atoms with Gasteiger partial charge in [0.25, 0.3) is 10.0 Å². The summed E-state index contributed by atoms with van der Waals surface area (Å²) in [6.45, 7) is -3.15. The number of hydrogen-bond donors (Lipinski definition) is 0. The van der Waals surface area contributed by atoms with Crippen LogP contribution in [0.25, 0.3) is 11.1 Å². The van der Waals surface area contributed by atoms with Gasteiger partial charge in [-0.25, -0.2) is 8.42 Å². The molecule has 0 amide bonds. The predicted molar refractivity (Wildman–Crippen MR) is 119 cm³/mol. The number of alkyl halides is 5. The van der Waals surface area contributed by atoms with E-state index in [-0.39, 0.29) is 30.3 Å². The Morgan fingerprint density at radius 1 is 1.00 bits per heavy atom. The van der Waals surface area contributed by atoms with Gasteiger partial charge in [-0.2, -0.15) is 22.0 Å². The summed E-state index contributed by atoms with van der Waals surface area (Å²) < 4.78 is 102. The van der Waals surface area contributed by atoms with Crippen molar-refractivity contribution in [2.24, 2.45) is 0 Å². The SMILES string of the molecule is O=S(=O)(c1cccc(C(F)(F)F)c1)N1CCOc2ccc(-c3cc(P)cc(OC(F)F)c3)cc21. The molecule has 1 atom stereocenters. The molecule has 1 aliphatic heterocycles. The summed E-state index contributed by atoms with van der Waals surface area (Å²) in [5.74, 6) is 0.136. The molecule has 0 saturated heterocycles. The zero-order chi connectivity index (χ0) is 24.7. The van der Waals surface area contributed by atoms with Crippen LogP contribution in [0, 0.1) is 0 Å². The first-order valence-corrected chi connectivity index (χ1v) is 11.8. The third kappa shape index (κ3) is 4.95. The first-order chi connectivity index (χ1) is 15.9. The molecule has 1 aliphatic rings. The molecule has 1 unspecified atom stereocenters. The first kappa shape index (κ1) is 24.2. The average molecular weight is 517 g/mol. The zero-order valence-corrected chi connectivity index (χ0v) is 19.2. The van der Waals surface area contributed by atoms with E-state index in [4.69, 9.17) is 4.74 Å². The number of rotatable bonds is 5. The molecule has 0 saturated carbocycles. The fourth-order valence-electron chi connectivity index (χ4n) is 3.54. The van der Waals surface area contributed by atoms with Crippen molar-refractivity contribution < 1.29 is 39.8 Å². The van der Waals surface area contributed by atoms with Gasteiger partial charge >= 0.3 is 12.8 Å². The number of halogens is 5. The average Bonchev–Trinajstić information content (AvgIpc) is 2.77. The fraction of sp³-hybridized carbons (Fsp3) is 0.182. The lowest BCUT2D eigenvalue weighted by molar-refractivity contribution is -0.137. The second kappa shape index (κ2) is 9.03. The van der Waals surface area contributed by atoms with Crippen LogP contribution in [0.3, 0.4) is 0 Å². The van der Waals surface area contributed by atoms with Crippen molar-refractivity contribution in [3.05, 3.63) is 66.2 Å². The van der Waals surface area contributed by atoms with Crippen LogP contribution < -0.4 is 19.1 Å². The number of anilines is 1. The van der Waals surface area contributed by atoms with Gasteiger partial charge in [-0.05, 0) is 65.0 Å². The molecule has 4 rings (SSSR count). The molecule has 0 radical (unpaired) electrons. The Morgan fingerprint density at radius 2 is 1.76 bits per heavy atom. The van der Waals surface area contributed by atoms with Gasteiger partial charge in [-0.1, -0.05) is 12.1 Å². The Hall–Kier alpha value is -2.91. The molecule has 5 nitrogen and oxygen atoms in total. The number of hydrogen-bond acceptors (Lipinski definition) is 4. The largest absolute Gasteiger partial charge is 0.489 e. The third-order valence-electron chi connectivity index (χ3n) is 5.02. The molecule has 0 aromatic heterocycles. The second-order valence-corrected chi connectivity index (χ2v) is 9.83. The van der Waals surface area contributed by atoms with Gasteiger partial charge in [0, 0.05) is 0 Å². The van der Waals surface area contributed by atoms with Crippen molar-refractivity contribution in [1.82, 2.24) is 0 Å². The Morgan fingerprint density at radius 3 is 2.47 bits per heavy atom. The lowest BCUT2D eigenvalue weighted by Crippen LogP contribution is -2.38. The van der Waals surface area contributed by atoms with Crippen LogP contribution in [-0.2, 0) is 16.2 Å². The number of nitrogens with zero attached hydrogens (tertiary/aromatic N) is 1. The highest BCUT2D eigenvalue weighted by molar-refractivity contribution is 7.92. The van der Waals surface area contributed by atoms with Crippen molar-refractivity contribution in [3.8, 4) is 22.6 Å². The fourth-order valence-corrected chi connectivity index (χ4v) is 5.38. The van der Waals surface area contributed by atoms with Gasteiger partial charge in [0.05, 0.1) is 22.7 Å². The minimum atomic E-state index is -4.71. The number of benzene rings is 3. The van der Waals surface area contributed by atoms with E-state index in [1.165, 1.54) is 24.3 Å². The highest BCUT2D eigenvalue weighted by atomic mass is 32.2. The molecule has 0 N–H and O–H groups in total. The van der Waals surface area contributed by atoms with Crippen molar-refractivity contribution in [3.63, 3.8) is 0 Å². The van der Waals surface area contributed by atoms with Crippen molar-refractivity contribution >= 4 is 30.3 Å². The van der Waals surface area contributed by atoms with E-state index in [2.05, 4.69) is 14.0 Å². The number of fused-ring (bicyclic) bond motifs is 1. The van der Waals surface area contributed by atoms with Crippen LogP contribution >= 0.6 is 9.24 Å². The van der Waals surface area contributed by atoms with Gasteiger partial charge in [-0.3, -0.25) is 4.31 Å². The molecule has 0 fully saturated rings. The molecular formula is C22H17F5NO4PS. The van der Waals surface area contributed by atoms with E-state index < -0.39 is 33.3 Å². The lowest BCUT2D eigenvalue weighted by Gasteiger charge is -2.31. The quantitative estimate of drug-likeness (QED) is 0.351. The minimum Gasteiger partial charge on any atom is -0.489 e. The number of sulfonamides is 1. The highest BCUT2D eigenvalue weighted by Crippen LogP contribution is 2.40. The Kier molecular flexibility index (Phi) is 6.44. The van der Waals surface area contributed by atoms with E-state index >= 15 is 0 Å². The molecule has 34 heavy (non-hydrogen) atoms. The zero-order valence-electron chi connectivity index (χ0n) is 17.2. The van der Waals surface area contributed by atoms with Crippen molar-refractivity contribution in [1.29, 1.82) is 0 Å². The van der Waals surface area contributed by atoms with E-state index in [9.17, 15) is 30.4 Å². The highest BCUT2D eigenvalue weighted by Gasteiger charge is 2.35. The third-order valence-corrected chi connectivity index (χ3v) is 7.16. The topological polar surface area (TPSA) is 55.8 Å². The van der Waals surface area contributed by atoms with Crippen LogP contribution in [0.2, 0.25) is 0 Å². The van der Waals surface area contributed by atoms with Gasteiger partial charge in [0.2, 0.25) is 0 Å². The summed E-state index contributed by atoms with van der Waals surface area (Å²) in [6.07, 6.45) is -4.71. The molecule has 3 aromatic carbocycles. The predicted octanol–water partition coefficient (Wildman–Crippen LogP) is 5.06. The minimum absolute atomic E-state index is 0.00198. The van der Waals surface area contributed by atoms with Crippen LogP contribution in [0.4, 0.5) is 27.6 Å². The molecule has 1 heterocycles. The van der Waals surface area contributed by atoms with Crippen LogP contribution in [0.5, 0.6) is 11.5 Å².